The fraction of sp³-hybridized carbons (Fsp3) is 0.529. The molecule has 0 aliphatic carbocycles. The van der Waals surface area contributed by atoms with E-state index in [0.717, 1.165) is 37.7 Å². The number of amides is 1. The fourth-order valence-corrected chi connectivity index (χ4v) is 3.54. The third-order valence-electron chi connectivity index (χ3n) is 4.73. The lowest BCUT2D eigenvalue weighted by molar-refractivity contribution is -0.128. The van der Waals surface area contributed by atoms with Crippen LogP contribution in [-0.2, 0) is 24.4 Å². The van der Waals surface area contributed by atoms with E-state index in [2.05, 4.69) is 33.4 Å². The second kappa shape index (κ2) is 5.89. The minimum atomic E-state index is 0.240. The third-order valence-corrected chi connectivity index (χ3v) is 4.73. The van der Waals surface area contributed by atoms with Crippen molar-refractivity contribution in [3.63, 3.8) is 0 Å². The Morgan fingerprint density at radius 3 is 2.67 bits per heavy atom. The maximum Gasteiger partial charge on any atom is 0.225 e. The number of nitrogens with zero attached hydrogens (tertiary/aromatic N) is 6. The molecule has 4 heterocycles. The van der Waals surface area contributed by atoms with Crippen LogP contribution in [0.2, 0.25) is 0 Å². The Hall–Kier alpha value is -2.44. The molecule has 1 saturated heterocycles. The minimum absolute atomic E-state index is 0.240. The van der Waals surface area contributed by atoms with Gasteiger partial charge in [0.2, 0.25) is 11.9 Å². The number of carbonyl (C=O) groups is 1. The first-order chi connectivity index (χ1) is 11.6. The molecule has 7 heteroatoms. The lowest BCUT2D eigenvalue weighted by Gasteiger charge is -2.18. The summed E-state index contributed by atoms with van der Waals surface area (Å²) in [4.78, 5) is 24.8. The van der Waals surface area contributed by atoms with Crippen LogP contribution in [0.1, 0.15) is 49.7 Å². The van der Waals surface area contributed by atoms with Gasteiger partial charge in [0.25, 0.3) is 0 Å². The Labute approximate surface area is 141 Å². The lowest BCUT2D eigenvalue weighted by Crippen LogP contribution is -2.25. The highest BCUT2D eigenvalue weighted by Crippen LogP contribution is 2.31. The molecular formula is C17H22N6O. The Morgan fingerprint density at radius 2 is 2.00 bits per heavy atom. The molecule has 0 atom stereocenters. The second-order valence-corrected chi connectivity index (χ2v) is 6.73. The van der Waals surface area contributed by atoms with E-state index in [1.807, 2.05) is 11.0 Å². The van der Waals surface area contributed by atoms with Crippen molar-refractivity contribution in [1.82, 2.24) is 24.6 Å². The number of aromatic nitrogens is 4. The third kappa shape index (κ3) is 2.53. The molecule has 2 aromatic rings. The molecule has 0 bridgehead atoms. The van der Waals surface area contributed by atoms with E-state index in [-0.39, 0.29) is 5.91 Å². The summed E-state index contributed by atoms with van der Waals surface area (Å²) in [6.07, 6.45) is 5.15. The van der Waals surface area contributed by atoms with Crippen LogP contribution in [-0.4, -0.2) is 37.1 Å². The normalized spacial score (nSPS) is 17.2. The van der Waals surface area contributed by atoms with Gasteiger partial charge in [0.1, 0.15) is 0 Å². The first kappa shape index (κ1) is 15.1. The molecular weight excluding hydrogens is 304 g/mol. The van der Waals surface area contributed by atoms with E-state index in [1.54, 1.807) is 12.4 Å². The summed E-state index contributed by atoms with van der Waals surface area (Å²) < 4.78 is 2.09. The lowest BCUT2D eigenvalue weighted by atomic mass is 10.2. The molecule has 1 amide bonds. The molecule has 2 aromatic heterocycles. The van der Waals surface area contributed by atoms with Crippen LogP contribution in [0.25, 0.3) is 0 Å². The van der Waals surface area contributed by atoms with Gasteiger partial charge in [-0.2, -0.15) is 5.10 Å². The van der Waals surface area contributed by atoms with Crippen molar-refractivity contribution in [3.8, 4) is 0 Å². The van der Waals surface area contributed by atoms with Crippen LogP contribution in [0, 0.1) is 0 Å². The standard InChI is InChI=1S/C17H22N6O/c1-12(2)23-15-11-22(17-18-6-4-7-19-17)9-13(15)14(20-23)10-21-8-3-5-16(21)24/h4,6-7,12H,3,5,8-11H2,1-2H3. The first-order valence-corrected chi connectivity index (χ1v) is 8.52. The van der Waals surface area contributed by atoms with Crippen molar-refractivity contribution < 1.29 is 4.79 Å². The van der Waals surface area contributed by atoms with Gasteiger partial charge in [0.15, 0.2) is 0 Å². The quantitative estimate of drug-likeness (QED) is 0.858. The van der Waals surface area contributed by atoms with Crippen LogP contribution in [0.3, 0.4) is 0 Å². The Morgan fingerprint density at radius 1 is 1.21 bits per heavy atom. The van der Waals surface area contributed by atoms with Gasteiger partial charge in [-0.1, -0.05) is 0 Å². The molecule has 1 fully saturated rings. The van der Waals surface area contributed by atoms with Crippen LogP contribution < -0.4 is 4.90 Å². The molecule has 126 valence electrons. The highest BCUT2D eigenvalue weighted by atomic mass is 16.2. The monoisotopic (exact) mass is 326 g/mol. The molecule has 7 nitrogen and oxygen atoms in total. The summed E-state index contributed by atoms with van der Waals surface area (Å²) >= 11 is 0. The summed E-state index contributed by atoms with van der Waals surface area (Å²) in [5, 5.41) is 4.81. The van der Waals surface area contributed by atoms with Crippen molar-refractivity contribution in [1.29, 1.82) is 0 Å². The fourth-order valence-electron chi connectivity index (χ4n) is 3.54. The predicted molar refractivity (Wildman–Crippen MR) is 89.2 cm³/mol. The molecule has 24 heavy (non-hydrogen) atoms. The van der Waals surface area contributed by atoms with Gasteiger partial charge in [-0.3, -0.25) is 9.48 Å². The minimum Gasteiger partial charge on any atom is -0.337 e. The summed E-state index contributed by atoms with van der Waals surface area (Å²) in [7, 11) is 0. The molecule has 0 aromatic carbocycles. The topological polar surface area (TPSA) is 67.2 Å². The average Bonchev–Trinajstić information content (AvgIpc) is 3.25. The van der Waals surface area contributed by atoms with E-state index in [4.69, 9.17) is 5.10 Å². The number of anilines is 1. The number of rotatable bonds is 4. The van der Waals surface area contributed by atoms with Gasteiger partial charge in [0, 0.05) is 37.0 Å². The summed E-state index contributed by atoms with van der Waals surface area (Å²) in [6.45, 7) is 7.25. The van der Waals surface area contributed by atoms with Crippen molar-refractivity contribution in [3.05, 3.63) is 35.4 Å². The molecule has 2 aliphatic heterocycles. The molecule has 0 radical (unpaired) electrons. The SMILES string of the molecule is CC(C)n1nc(CN2CCCC2=O)c2c1CN(c1ncccn1)C2. The van der Waals surface area contributed by atoms with Crippen LogP contribution in [0.15, 0.2) is 18.5 Å². The van der Waals surface area contributed by atoms with Crippen LogP contribution in [0.4, 0.5) is 5.95 Å². The first-order valence-electron chi connectivity index (χ1n) is 8.52. The maximum absolute atomic E-state index is 12.0. The molecule has 2 aliphatic rings. The number of hydrogen-bond donors (Lipinski definition) is 0. The summed E-state index contributed by atoms with van der Waals surface area (Å²) in [6, 6.07) is 2.12. The zero-order chi connectivity index (χ0) is 16.7. The van der Waals surface area contributed by atoms with E-state index >= 15 is 0 Å². The molecule has 4 rings (SSSR count). The zero-order valence-corrected chi connectivity index (χ0v) is 14.1. The van der Waals surface area contributed by atoms with Crippen molar-refractivity contribution in [2.75, 3.05) is 11.4 Å². The van der Waals surface area contributed by atoms with Crippen LogP contribution in [0.5, 0.6) is 0 Å². The van der Waals surface area contributed by atoms with Crippen molar-refractivity contribution in [2.45, 2.75) is 52.4 Å². The largest absolute Gasteiger partial charge is 0.337 e. The van der Waals surface area contributed by atoms with Crippen molar-refractivity contribution in [2.24, 2.45) is 0 Å². The van der Waals surface area contributed by atoms with E-state index in [1.165, 1.54) is 11.3 Å². The maximum atomic E-state index is 12.0. The number of likely N-dealkylation sites (tertiary alicyclic amines) is 1. The zero-order valence-electron chi connectivity index (χ0n) is 14.1. The predicted octanol–water partition coefficient (Wildman–Crippen LogP) is 1.90. The molecule has 0 unspecified atom stereocenters. The van der Waals surface area contributed by atoms with E-state index in [9.17, 15) is 4.79 Å². The smallest absolute Gasteiger partial charge is 0.225 e. The highest BCUT2D eigenvalue weighted by molar-refractivity contribution is 5.78. The Kier molecular flexibility index (Phi) is 3.70. The van der Waals surface area contributed by atoms with Crippen molar-refractivity contribution >= 4 is 11.9 Å². The molecule has 0 saturated carbocycles. The van der Waals surface area contributed by atoms with Gasteiger partial charge in [-0.05, 0) is 26.3 Å². The second-order valence-electron chi connectivity index (χ2n) is 6.73. The highest BCUT2D eigenvalue weighted by Gasteiger charge is 2.31. The number of fused-ring (bicyclic) bond motifs is 1. The summed E-state index contributed by atoms with van der Waals surface area (Å²) in [5.74, 6) is 0.983. The van der Waals surface area contributed by atoms with Gasteiger partial charge in [0.05, 0.1) is 31.0 Å². The van der Waals surface area contributed by atoms with Gasteiger partial charge < -0.3 is 9.80 Å². The van der Waals surface area contributed by atoms with E-state index in [0.29, 0.717) is 19.0 Å². The average molecular weight is 326 g/mol. The van der Waals surface area contributed by atoms with Gasteiger partial charge >= 0.3 is 0 Å². The molecule has 0 spiro atoms. The Bertz CT molecular complexity index is 754. The number of carbonyl (C=O) groups excluding carboxylic acids is 1. The number of hydrogen-bond acceptors (Lipinski definition) is 5. The molecule has 0 N–H and O–H groups in total. The summed E-state index contributed by atoms with van der Waals surface area (Å²) in [5.41, 5.74) is 3.47. The van der Waals surface area contributed by atoms with Gasteiger partial charge in [-0.15, -0.1) is 0 Å². The van der Waals surface area contributed by atoms with Crippen LogP contribution >= 0.6 is 0 Å². The van der Waals surface area contributed by atoms with Gasteiger partial charge in [-0.25, -0.2) is 9.97 Å². The van der Waals surface area contributed by atoms with E-state index < -0.39 is 0 Å². The Balaban J connectivity index is 1.64.